The molecule has 5 rings (SSSR count). The molecule has 36 heavy (non-hydrogen) atoms. The van der Waals surface area contributed by atoms with E-state index in [4.69, 9.17) is 4.74 Å². The summed E-state index contributed by atoms with van der Waals surface area (Å²) in [4.78, 5) is 29.0. The third kappa shape index (κ3) is 5.09. The van der Waals surface area contributed by atoms with E-state index in [2.05, 4.69) is 70.1 Å². The fraction of sp³-hybridized carbons (Fsp3) is 0.533. The van der Waals surface area contributed by atoms with E-state index < -0.39 is 11.7 Å². The first kappa shape index (κ1) is 24.7. The number of rotatable bonds is 3. The van der Waals surface area contributed by atoms with E-state index in [9.17, 15) is 9.59 Å². The molecule has 2 aliphatic heterocycles. The van der Waals surface area contributed by atoms with Crippen LogP contribution < -0.4 is 10.6 Å². The third-order valence-corrected chi connectivity index (χ3v) is 7.92. The van der Waals surface area contributed by atoms with Gasteiger partial charge >= 0.3 is 6.09 Å². The Morgan fingerprint density at radius 1 is 0.944 bits per heavy atom. The van der Waals surface area contributed by atoms with Gasteiger partial charge in [0.2, 0.25) is 5.91 Å². The first-order valence-corrected chi connectivity index (χ1v) is 13.5. The summed E-state index contributed by atoms with van der Waals surface area (Å²) in [7, 11) is 0. The quantitative estimate of drug-likeness (QED) is 0.537. The number of fused-ring (bicyclic) bond motifs is 3. The standard InChI is InChI=1S/C30H39N3O3/c1-30(2,3)36-29(35)32-25-18-10-8-15-22(25)28(34)33-19-11-16-23-26(20-12-5-4-6-13-20)31-24-17-9-7-14-21(24)27(23)33/h4-7,9,12-14,17,22-23,25-27,31H,8,10-11,15-16,18-19H2,1-3H3,(H,32,35)/t22-,23+,25+,26-,27-/m0/s1. The van der Waals surface area contributed by atoms with Crippen molar-refractivity contribution in [2.75, 3.05) is 11.9 Å². The smallest absolute Gasteiger partial charge is 0.407 e. The lowest BCUT2D eigenvalue weighted by molar-refractivity contribution is -0.143. The highest BCUT2D eigenvalue weighted by Crippen LogP contribution is 2.50. The van der Waals surface area contributed by atoms with E-state index in [1.165, 1.54) is 11.1 Å². The molecule has 192 valence electrons. The average Bonchev–Trinajstić information content (AvgIpc) is 2.87. The van der Waals surface area contributed by atoms with Gasteiger partial charge in [-0.2, -0.15) is 0 Å². The molecular formula is C30H39N3O3. The highest BCUT2D eigenvalue weighted by molar-refractivity contribution is 5.82. The zero-order valence-corrected chi connectivity index (χ0v) is 21.7. The molecule has 1 aliphatic carbocycles. The van der Waals surface area contributed by atoms with Crippen molar-refractivity contribution < 1.29 is 14.3 Å². The van der Waals surface area contributed by atoms with Crippen LogP contribution in [0.15, 0.2) is 54.6 Å². The molecule has 1 saturated carbocycles. The van der Waals surface area contributed by atoms with Gasteiger partial charge in [0.15, 0.2) is 0 Å². The van der Waals surface area contributed by atoms with E-state index in [1.807, 2.05) is 20.8 Å². The Bertz CT molecular complexity index is 1080. The first-order valence-electron chi connectivity index (χ1n) is 13.5. The maximum Gasteiger partial charge on any atom is 0.407 e. The summed E-state index contributed by atoms with van der Waals surface area (Å²) in [6.45, 7) is 6.34. The predicted molar refractivity (Wildman–Crippen MR) is 142 cm³/mol. The number of carbonyl (C=O) groups is 2. The Balaban J connectivity index is 1.43. The fourth-order valence-electron chi connectivity index (χ4n) is 6.44. The molecule has 6 nitrogen and oxygen atoms in total. The molecule has 0 spiro atoms. The molecule has 2 aromatic rings. The van der Waals surface area contributed by atoms with Crippen molar-refractivity contribution >= 4 is 17.7 Å². The van der Waals surface area contributed by atoms with Crippen molar-refractivity contribution in [1.29, 1.82) is 0 Å². The minimum atomic E-state index is -0.566. The van der Waals surface area contributed by atoms with Crippen molar-refractivity contribution in [2.45, 2.75) is 83.0 Å². The number of benzene rings is 2. The van der Waals surface area contributed by atoms with E-state index >= 15 is 0 Å². The number of alkyl carbamates (subject to hydrolysis) is 1. The van der Waals surface area contributed by atoms with Crippen LogP contribution in [0.5, 0.6) is 0 Å². The molecule has 6 heteroatoms. The van der Waals surface area contributed by atoms with Gasteiger partial charge in [0, 0.05) is 24.2 Å². The van der Waals surface area contributed by atoms with Crippen LogP contribution in [-0.2, 0) is 9.53 Å². The predicted octanol–water partition coefficient (Wildman–Crippen LogP) is 6.22. The number of likely N-dealkylation sites (tertiary alicyclic amines) is 1. The van der Waals surface area contributed by atoms with Crippen molar-refractivity contribution in [3.8, 4) is 0 Å². The van der Waals surface area contributed by atoms with E-state index in [0.29, 0.717) is 5.92 Å². The van der Waals surface area contributed by atoms with Crippen LogP contribution >= 0.6 is 0 Å². The molecule has 0 unspecified atom stereocenters. The molecule has 2 heterocycles. The summed E-state index contributed by atoms with van der Waals surface area (Å²) in [5, 5.41) is 6.85. The van der Waals surface area contributed by atoms with Gasteiger partial charge in [-0.15, -0.1) is 0 Å². The highest BCUT2D eigenvalue weighted by Gasteiger charge is 2.46. The number of carbonyl (C=O) groups excluding carboxylic acids is 2. The average molecular weight is 490 g/mol. The first-order chi connectivity index (χ1) is 17.3. The molecule has 0 aromatic heterocycles. The number of amides is 2. The second-order valence-electron chi connectivity index (χ2n) is 11.5. The summed E-state index contributed by atoms with van der Waals surface area (Å²) in [5.74, 6) is 0.247. The molecule has 0 bridgehead atoms. The van der Waals surface area contributed by atoms with Gasteiger partial charge in [0.1, 0.15) is 5.60 Å². The number of hydrogen-bond donors (Lipinski definition) is 2. The Morgan fingerprint density at radius 3 is 2.44 bits per heavy atom. The largest absolute Gasteiger partial charge is 0.444 e. The molecule has 2 amide bonds. The van der Waals surface area contributed by atoms with Gasteiger partial charge in [0.05, 0.1) is 18.0 Å². The number of nitrogens with one attached hydrogen (secondary N) is 2. The van der Waals surface area contributed by atoms with Crippen LogP contribution in [-0.4, -0.2) is 35.1 Å². The van der Waals surface area contributed by atoms with Crippen LogP contribution in [0.2, 0.25) is 0 Å². The monoisotopic (exact) mass is 489 g/mol. The minimum absolute atomic E-state index is 0.0259. The number of para-hydroxylation sites is 1. The van der Waals surface area contributed by atoms with Gasteiger partial charge in [-0.05, 0) is 63.6 Å². The van der Waals surface area contributed by atoms with Crippen LogP contribution in [0, 0.1) is 11.8 Å². The Hall–Kier alpha value is -3.02. The second-order valence-corrected chi connectivity index (χ2v) is 11.5. The molecule has 2 aromatic carbocycles. The SMILES string of the molecule is CC(C)(C)OC(=O)N[C@@H]1CCCC[C@@H]1C(=O)N1CCC[C@@H]2[C@H](c3ccccc3)Nc3ccccc3[C@@H]21. The van der Waals surface area contributed by atoms with E-state index in [-0.39, 0.29) is 30.0 Å². The molecular weight excluding hydrogens is 450 g/mol. The summed E-state index contributed by atoms with van der Waals surface area (Å²) in [6.07, 6.45) is 5.25. The third-order valence-electron chi connectivity index (χ3n) is 7.92. The molecule has 3 aliphatic rings. The minimum Gasteiger partial charge on any atom is -0.444 e. The maximum absolute atomic E-state index is 14.3. The van der Waals surface area contributed by atoms with Gasteiger partial charge < -0.3 is 20.3 Å². The van der Waals surface area contributed by atoms with Gasteiger partial charge in [-0.1, -0.05) is 61.4 Å². The Labute approximate surface area is 214 Å². The molecule has 5 atom stereocenters. The van der Waals surface area contributed by atoms with Gasteiger partial charge in [-0.25, -0.2) is 4.79 Å². The summed E-state index contributed by atoms with van der Waals surface area (Å²) < 4.78 is 5.53. The number of nitrogens with zero attached hydrogens (tertiary/aromatic N) is 1. The Kier molecular flexibility index (Phi) is 6.96. The van der Waals surface area contributed by atoms with E-state index in [1.54, 1.807) is 0 Å². The van der Waals surface area contributed by atoms with E-state index in [0.717, 1.165) is 50.8 Å². The number of hydrogen-bond acceptors (Lipinski definition) is 4. The van der Waals surface area contributed by atoms with Crippen molar-refractivity contribution in [3.05, 3.63) is 65.7 Å². The normalized spacial score (nSPS) is 27.8. The van der Waals surface area contributed by atoms with Crippen molar-refractivity contribution in [3.63, 3.8) is 0 Å². The molecule has 2 fully saturated rings. The molecule has 1 saturated heterocycles. The number of ether oxygens (including phenoxy) is 1. The maximum atomic E-state index is 14.3. The topological polar surface area (TPSA) is 70.7 Å². The highest BCUT2D eigenvalue weighted by atomic mass is 16.6. The lowest BCUT2D eigenvalue weighted by Gasteiger charge is -2.50. The van der Waals surface area contributed by atoms with Crippen LogP contribution in [0.25, 0.3) is 0 Å². The van der Waals surface area contributed by atoms with Crippen molar-refractivity contribution in [1.82, 2.24) is 10.2 Å². The number of piperidine rings is 1. The second kappa shape index (κ2) is 10.2. The van der Waals surface area contributed by atoms with Crippen LogP contribution in [0.4, 0.5) is 10.5 Å². The molecule has 0 radical (unpaired) electrons. The summed E-state index contributed by atoms with van der Waals surface area (Å²) >= 11 is 0. The van der Waals surface area contributed by atoms with Crippen molar-refractivity contribution in [2.24, 2.45) is 11.8 Å². The zero-order valence-electron chi connectivity index (χ0n) is 21.7. The lowest BCUT2D eigenvalue weighted by atomic mass is 9.73. The summed E-state index contributed by atoms with van der Waals surface area (Å²) in [6, 6.07) is 19.0. The van der Waals surface area contributed by atoms with Crippen LogP contribution in [0.1, 0.15) is 82.5 Å². The zero-order chi connectivity index (χ0) is 25.3. The summed E-state index contributed by atoms with van der Waals surface area (Å²) in [5.41, 5.74) is 3.01. The van der Waals surface area contributed by atoms with Gasteiger partial charge in [-0.3, -0.25) is 4.79 Å². The number of anilines is 1. The molecule has 2 N–H and O–H groups in total. The Morgan fingerprint density at radius 2 is 1.67 bits per heavy atom. The van der Waals surface area contributed by atoms with Gasteiger partial charge in [0.25, 0.3) is 0 Å². The fourth-order valence-corrected chi connectivity index (χ4v) is 6.44. The van der Waals surface area contributed by atoms with Crippen LogP contribution in [0.3, 0.4) is 0 Å². The lowest BCUT2D eigenvalue weighted by Crippen LogP contribution is -2.54.